The maximum Gasteiger partial charge on any atom is 0.283 e. The predicted octanol–water partition coefficient (Wildman–Crippen LogP) is 3.79. The number of benzene rings is 2. The number of carbonyl (C=O) groups is 1. The third-order valence-corrected chi connectivity index (χ3v) is 3.24. The normalized spacial score (nSPS) is 11.5. The first-order valence-corrected chi connectivity index (χ1v) is 7.28. The molecule has 0 heterocycles. The molecular weight excluding hydrogens is 319 g/mol. The lowest BCUT2D eigenvalue weighted by molar-refractivity contribution is -0.134. The van der Waals surface area contributed by atoms with Crippen LogP contribution in [0.15, 0.2) is 53.6 Å². The highest BCUT2D eigenvalue weighted by molar-refractivity contribution is 6.30. The molecule has 2 aromatic rings. The zero-order valence-electron chi connectivity index (χ0n) is 12.7. The third-order valence-electron chi connectivity index (χ3n) is 2.98. The molecular formula is C17H16ClFN2O2. The van der Waals surface area contributed by atoms with Crippen LogP contribution in [0, 0.1) is 5.82 Å². The maximum absolute atomic E-state index is 12.8. The first-order valence-electron chi connectivity index (χ1n) is 6.90. The molecule has 0 saturated carbocycles. The Morgan fingerprint density at radius 2 is 1.78 bits per heavy atom. The van der Waals surface area contributed by atoms with Crippen molar-refractivity contribution in [2.24, 2.45) is 5.10 Å². The van der Waals surface area contributed by atoms with Crippen molar-refractivity contribution in [2.75, 3.05) is 0 Å². The lowest BCUT2D eigenvalue weighted by atomic mass is 10.1. The van der Waals surface area contributed by atoms with Gasteiger partial charge in [-0.15, -0.1) is 0 Å². The molecule has 0 fully saturated rings. The first-order chi connectivity index (χ1) is 10.9. The molecule has 0 saturated heterocycles. The van der Waals surface area contributed by atoms with Crippen LogP contribution in [0.5, 0.6) is 5.75 Å². The Labute approximate surface area is 138 Å². The highest BCUT2D eigenvalue weighted by atomic mass is 35.5. The van der Waals surface area contributed by atoms with Crippen molar-refractivity contribution in [3.8, 4) is 5.75 Å². The maximum atomic E-state index is 12.8. The molecule has 0 spiro atoms. The molecule has 1 amide bonds. The minimum Gasteiger partial charge on any atom is -0.478 e. The standard InChI is InChI=1S/C17H16ClFN2O2/c1-17(2,23-15-9-5-13(18)6-10-15)16(22)21-20-11-12-3-7-14(19)8-4-12/h3-11H,1-2H3,(H,21,22)/b20-11+. The molecule has 4 nitrogen and oxygen atoms in total. The van der Waals surface area contributed by atoms with Crippen molar-refractivity contribution in [2.45, 2.75) is 19.4 Å². The topological polar surface area (TPSA) is 50.7 Å². The number of halogens is 2. The number of carbonyl (C=O) groups excluding carboxylic acids is 1. The van der Waals surface area contributed by atoms with Gasteiger partial charge in [-0.25, -0.2) is 9.82 Å². The van der Waals surface area contributed by atoms with E-state index in [0.717, 1.165) is 0 Å². The van der Waals surface area contributed by atoms with Crippen LogP contribution in [0.1, 0.15) is 19.4 Å². The van der Waals surface area contributed by atoms with E-state index in [2.05, 4.69) is 10.5 Å². The van der Waals surface area contributed by atoms with E-state index in [1.54, 1.807) is 50.2 Å². The second-order valence-electron chi connectivity index (χ2n) is 5.32. The second kappa shape index (κ2) is 7.24. The van der Waals surface area contributed by atoms with Crippen LogP contribution in [0.2, 0.25) is 5.02 Å². The fraction of sp³-hybridized carbons (Fsp3) is 0.176. The van der Waals surface area contributed by atoms with Crippen molar-refractivity contribution in [3.63, 3.8) is 0 Å². The van der Waals surface area contributed by atoms with Gasteiger partial charge in [0.1, 0.15) is 11.6 Å². The molecule has 23 heavy (non-hydrogen) atoms. The largest absolute Gasteiger partial charge is 0.478 e. The Balaban J connectivity index is 1.95. The second-order valence-corrected chi connectivity index (χ2v) is 5.75. The van der Waals surface area contributed by atoms with E-state index in [1.807, 2.05) is 0 Å². The van der Waals surface area contributed by atoms with E-state index >= 15 is 0 Å². The van der Waals surface area contributed by atoms with Crippen molar-refractivity contribution in [1.29, 1.82) is 0 Å². The molecule has 6 heteroatoms. The molecule has 0 bridgehead atoms. The molecule has 0 aliphatic rings. The van der Waals surface area contributed by atoms with Gasteiger partial charge in [0.2, 0.25) is 0 Å². The van der Waals surface area contributed by atoms with E-state index < -0.39 is 11.5 Å². The van der Waals surface area contributed by atoms with Crippen LogP contribution in [0.3, 0.4) is 0 Å². The lowest BCUT2D eigenvalue weighted by Crippen LogP contribution is -2.44. The summed E-state index contributed by atoms with van der Waals surface area (Å²) in [6.07, 6.45) is 1.43. The van der Waals surface area contributed by atoms with Crippen molar-refractivity contribution >= 4 is 23.7 Å². The number of ether oxygens (including phenoxy) is 1. The number of rotatable bonds is 5. The van der Waals surface area contributed by atoms with Gasteiger partial charge in [-0.1, -0.05) is 23.7 Å². The van der Waals surface area contributed by atoms with Gasteiger partial charge in [0.15, 0.2) is 5.60 Å². The van der Waals surface area contributed by atoms with Crippen molar-refractivity contribution in [1.82, 2.24) is 5.43 Å². The van der Waals surface area contributed by atoms with Crippen LogP contribution >= 0.6 is 11.6 Å². The van der Waals surface area contributed by atoms with Crippen LogP contribution < -0.4 is 10.2 Å². The van der Waals surface area contributed by atoms with E-state index in [9.17, 15) is 9.18 Å². The summed E-state index contributed by atoms with van der Waals surface area (Å²) in [6.45, 7) is 3.26. The predicted molar refractivity (Wildman–Crippen MR) is 88.3 cm³/mol. The Hall–Kier alpha value is -2.40. The average Bonchev–Trinajstić information content (AvgIpc) is 2.51. The van der Waals surface area contributed by atoms with Gasteiger partial charge in [0, 0.05) is 5.02 Å². The Morgan fingerprint density at radius 1 is 1.17 bits per heavy atom. The minimum atomic E-state index is -1.12. The molecule has 2 rings (SSSR count). The van der Waals surface area contributed by atoms with E-state index in [4.69, 9.17) is 16.3 Å². The number of hydrogen-bond acceptors (Lipinski definition) is 3. The Kier molecular flexibility index (Phi) is 5.34. The Bertz CT molecular complexity index is 698. The van der Waals surface area contributed by atoms with Gasteiger partial charge < -0.3 is 4.74 Å². The molecule has 120 valence electrons. The van der Waals surface area contributed by atoms with Crippen molar-refractivity contribution in [3.05, 3.63) is 64.9 Å². The summed E-state index contributed by atoms with van der Waals surface area (Å²) in [7, 11) is 0. The van der Waals surface area contributed by atoms with E-state index in [0.29, 0.717) is 16.3 Å². The summed E-state index contributed by atoms with van der Waals surface area (Å²) < 4.78 is 18.4. The first kappa shape index (κ1) is 17.0. The fourth-order valence-corrected chi connectivity index (χ4v) is 1.82. The number of nitrogens with zero attached hydrogens (tertiary/aromatic N) is 1. The Morgan fingerprint density at radius 3 is 2.39 bits per heavy atom. The molecule has 0 aromatic heterocycles. The van der Waals surface area contributed by atoms with Gasteiger partial charge in [-0.3, -0.25) is 4.79 Å². The van der Waals surface area contributed by atoms with Gasteiger partial charge in [-0.2, -0.15) is 5.10 Å². The summed E-state index contributed by atoms with van der Waals surface area (Å²) in [5.41, 5.74) is 1.96. The molecule has 0 unspecified atom stereocenters. The van der Waals surface area contributed by atoms with Gasteiger partial charge in [0.05, 0.1) is 6.21 Å². The number of amides is 1. The number of hydrazone groups is 1. The zero-order valence-corrected chi connectivity index (χ0v) is 13.5. The van der Waals surface area contributed by atoms with E-state index in [1.165, 1.54) is 18.3 Å². The monoisotopic (exact) mass is 334 g/mol. The molecule has 0 aliphatic heterocycles. The van der Waals surface area contributed by atoms with Crippen molar-refractivity contribution < 1.29 is 13.9 Å². The highest BCUT2D eigenvalue weighted by Gasteiger charge is 2.29. The van der Waals surface area contributed by atoms with Crippen LogP contribution in [-0.2, 0) is 4.79 Å². The molecule has 2 aromatic carbocycles. The van der Waals surface area contributed by atoms with Crippen LogP contribution in [0.25, 0.3) is 0 Å². The van der Waals surface area contributed by atoms with Gasteiger partial charge in [-0.05, 0) is 55.8 Å². The molecule has 0 atom stereocenters. The highest BCUT2D eigenvalue weighted by Crippen LogP contribution is 2.20. The lowest BCUT2D eigenvalue weighted by Gasteiger charge is -2.24. The zero-order chi connectivity index (χ0) is 16.9. The summed E-state index contributed by atoms with van der Waals surface area (Å²) in [4.78, 5) is 12.1. The van der Waals surface area contributed by atoms with Gasteiger partial charge >= 0.3 is 0 Å². The number of hydrogen-bond donors (Lipinski definition) is 1. The molecule has 0 radical (unpaired) electrons. The quantitative estimate of drug-likeness (QED) is 0.668. The summed E-state index contributed by atoms with van der Waals surface area (Å²) in [5, 5.41) is 4.43. The fourth-order valence-electron chi connectivity index (χ4n) is 1.69. The number of nitrogens with one attached hydrogen (secondary N) is 1. The van der Waals surface area contributed by atoms with Gasteiger partial charge in [0.25, 0.3) is 5.91 Å². The van der Waals surface area contributed by atoms with Crippen LogP contribution in [-0.4, -0.2) is 17.7 Å². The SMILES string of the molecule is CC(C)(Oc1ccc(Cl)cc1)C(=O)N/N=C/c1ccc(F)cc1. The smallest absolute Gasteiger partial charge is 0.283 e. The summed E-state index contributed by atoms with van der Waals surface area (Å²) in [6, 6.07) is 12.5. The van der Waals surface area contributed by atoms with Crippen LogP contribution in [0.4, 0.5) is 4.39 Å². The average molecular weight is 335 g/mol. The molecule has 1 N–H and O–H groups in total. The third kappa shape index (κ3) is 5.07. The minimum absolute atomic E-state index is 0.330. The summed E-state index contributed by atoms with van der Waals surface area (Å²) in [5.74, 6) is -0.216. The van der Waals surface area contributed by atoms with E-state index in [-0.39, 0.29) is 5.82 Å². The molecule has 0 aliphatic carbocycles. The summed E-state index contributed by atoms with van der Waals surface area (Å²) >= 11 is 5.80.